The molecule has 2 aromatic carbocycles. The predicted octanol–water partition coefficient (Wildman–Crippen LogP) is 4.19. The zero-order valence-corrected chi connectivity index (χ0v) is 16.9. The van der Waals surface area contributed by atoms with Gasteiger partial charge < -0.3 is 10.1 Å². The molecule has 0 saturated carbocycles. The zero-order chi connectivity index (χ0) is 21.4. The van der Waals surface area contributed by atoms with Crippen LogP contribution in [0.25, 0.3) is 22.2 Å². The molecular formula is C22H19N7O2. The molecule has 0 unspecified atom stereocenters. The van der Waals surface area contributed by atoms with Gasteiger partial charge in [0.1, 0.15) is 11.6 Å². The molecule has 154 valence electrons. The summed E-state index contributed by atoms with van der Waals surface area (Å²) >= 11 is 0. The first-order valence-electron chi connectivity index (χ1n) is 9.67. The maximum atomic E-state index is 11.7. The van der Waals surface area contributed by atoms with Gasteiger partial charge in [-0.15, -0.1) is 0 Å². The maximum Gasteiger partial charge on any atom is 0.324 e. The van der Waals surface area contributed by atoms with Crippen LogP contribution in [0.15, 0.2) is 59.4 Å². The van der Waals surface area contributed by atoms with E-state index in [4.69, 9.17) is 4.74 Å². The van der Waals surface area contributed by atoms with Gasteiger partial charge in [0.15, 0.2) is 5.82 Å². The van der Waals surface area contributed by atoms with Crippen LogP contribution < -0.4 is 15.6 Å². The molecule has 0 aliphatic rings. The van der Waals surface area contributed by atoms with Crippen LogP contribution in [0.2, 0.25) is 0 Å². The molecule has 0 spiro atoms. The Bertz CT molecular complexity index is 1430. The van der Waals surface area contributed by atoms with Crippen molar-refractivity contribution in [3.8, 4) is 23.0 Å². The fraction of sp³-hybridized carbons (Fsp3) is 0.0909. The smallest absolute Gasteiger partial charge is 0.324 e. The lowest BCUT2D eigenvalue weighted by molar-refractivity contribution is 0.444. The van der Waals surface area contributed by atoms with Crippen molar-refractivity contribution in [1.82, 2.24) is 30.4 Å². The quantitative estimate of drug-likeness (QED) is 0.342. The molecule has 0 fully saturated rings. The normalized spacial score (nSPS) is 11.0. The molecule has 0 radical (unpaired) electrons. The van der Waals surface area contributed by atoms with Gasteiger partial charge in [-0.2, -0.15) is 15.1 Å². The summed E-state index contributed by atoms with van der Waals surface area (Å²) in [5, 5.41) is 16.2. The van der Waals surface area contributed by atoms with Gasteiger partial charge >= 0.3 is 6.01 Å². The van der Waals surface area contributed by atoms with E-state index >= 15 is 0 Å². The monoisotopic (exact) mass is 413 g/mol. The van der Waals surface area contributed by atoms with Crippen LogP contribution in [0.1, 0.15) is 11.3 Å². The lowest BCUT2D eigenvalue weighted by Crippen LogP contribution is -2.00. The van der Waals surface area contributed by atoms with Crippen molar-refractivity contribution in [3.05, 3.63) is 76.2 Å². The number of aromatic amines is 3. The summed E-state index contributed by atoms with van der Waals surface area (Å²) in [5.41, 5.74) is 4.19. The first-order valence-corrected chi connectivity index (χ1v) is 9.67. The number of aryl methyl sites for hydroxylation is 2. The number of fused-ring (bicyclic) bond motifs is 1. The fourth-order valence-corrected chi connectivity index (χ4v) is 3.21. The summed E-state index contributed by atoms with van der Waals surface area (Å²) in [5.74, 6) is 1.69. The molecule has 9 nitrogen and oxygen atoms in total. The number of hydrogen-bond acceptors (Lipinski definition) is 6. The van der Waals surface area contributed by atoms with Crippen molar-refractivity contribution >= 4 is 22.5 Å². The predicted molar refractivity (Wildman–Crippen MR) is 118 cm³/mol. The number of nitrogens with one attached hydrogen (secondary N) is 4. The van der Waals surface area contributed by atoms with Crippen molar-refractivity contribution in [3.63, 3.8) is 0 Å². The minimum Gasteiger partial charge on any atom is -0.424 e. The molecule has 0 atom stereocenters. The second kappa shape index (κ2) is 7.45. The van der Waals surface area contributed by atoms with Gasteiger partial charge in [-0.1, -0.05) is 29.8 Å². The van der Waals surface area contributed by atoms with Gasteiger partial charge in [-0.05, 0) is 26.0 Å². The Labute approximate surface area is 176 Å². The van der Waals surface area contributed by atoms with Crippen molar-refractivity contribution in [2.45, 2.75) is 13.8 Å². The van der Waals surface area contributed by atoms with E-state index in [0.29, 0.717) is 34.0 Å². The van der Waals surface area contributed by atoms with E-state index in [9.17, 15) is 4.79 Å². The first-order chi connectivity index (χ1) is 15.0. The second-order valence-corrected chi connectivity index (χ2v) is 7.24. The van der Waals surface area contributed by atoms with E-state index in [1.165, 1.54) is 0 Å². The molecule has 0 aliphatic carbocycles. The zero-order valence-electron chi connectivity index (χ0n) is 16.9. The first kappa shape index (κ1) is 18.6. The highest BCUT2D eigenvalue weighted by Crippen LogP contribution is 2.27. The lowest BCUT2D eigenvalue weighted by Gasteiger charge is -2.10. The Morgan fingerprint density at radius 3 is 2.52 bits per heavy atom. The van der Waals surface area contributed by atoms with E-state index < -0.39 is 0 Å². The number of nitrogens with zero attached hydrogens (tertiary/aromatic N) is 3. The fourth-order valence-electron chi connectivity index (χ4n) is 3.21. The standard InChI is InChI=1S/C22H19N7O2/c1-12-3-5-14(6-4-12)17-11-19(24-20-9-13(2)26-28-20)25-22(23-17)31-15-7-8-16-18(10-15)27-29-21(16)30/h3-11H,1-2H3,(H2,27,29,30)(H2,23,24,25,26,28). The van der Waals surface area contributed by atoms with Crippen LogP contribution >= 0.6 is 0 Å². The minimum absolute atomic E-state index is 0.171. The van der Waals surface area contributed by atoms with Crippen molar-refractivity contribution < 1.29 is 4.74 Å². The van der Waals surface area contributed by atoms with Crippen LogP contribution in [0, 0.1) is 13.8 Å². The SMILES string of the molecule is Cc1ccc(-c2cc(Nc3cc(C)[nH]n3)nc(Oc3ccc4c(=O)[nH][nH]c4c3)n2)cc1. The molecule has 3 aromatic heterocycles. The van der Waals surface area contributed by atoms with Crippen LogP contribution in [0.4, 0.5) is 11.6 Å². The second-order valence-electron chi connectivity index (χ2n) is 7.24. The summed E-state index contributed by atoms with van der Waals surface area (Å²) in [4.78, 5) is 20.8. The van der Waals surface area contributed by atoms with Gasteiger partial charge in [0.25, 0.3) is 5.56 Å². The Morgan fingerprint density at radius 2 is 1.74 bits per heavy atom. The van der Waals surface area contributed by atoms with Crippen molar-refractivity contribution in [1.29, 1.82) is 0 Å². The van der Waals surface area contributed by atoms with E-state index in [2.05, 4.69) is 35.7 Å². The van der Waals surface area contributed by atoms with Gasteiger partial charge in [0.05, 0.1) is 16.6 Å². The third-order valence-electron chi connectivity index (χ3n) is 4.77. The molecule has 0 bridgehead atoms. The van der Waals surface area contributed by atoms with Gasteiger partial charge in [-0.3, -0.25) is 20.1 Å². The summed E-state index contributed by atoms with van der Waals surface area (Å²) < 4.78 is 5.94. The average molecular weight is 413 g/mol. The van der Waals surface area contributed by atoms with E-state index in [0.717, 1.165) is 16.8 Å². The lowest BCUT2D eigenvalue weighted by atomic mass is 10.1. The molecule has 5 aromatic rings. The van der Waals surface area contributed by atoms with Crippen LogP contribution in [-0.4, -0.2) is 30.4 Å². The third kappa shape index (κ3) is 3.88. The highest BCUT2D eigenvalue weighted by Gasteiger charge is 2.11. The molecule has 9 heteroatoms. The molecule has 5 rings (SSSR count). The largest absolute Gasteiger partial charge is 0.424 e. The molecule has 31 heavy (non-hydrogen) atoms. The maximum absolute atomic E-state index is 11.7. The number of anilines is 2. The third-order valence-corrected chi connectivity index (χ3v) is 4.77. The minimum atomic E-state index is -0.181. The number of ether oxygens (including phenoxy) is 1. The molecule has 0 amide bonds. The Hall–Kier alpha value is -4.40. The van der Waals surface area contributed by atoms with Gasteiger partial charge in [0.2, 0.25) is 0 Å². The number of hydrogen-bond donors (Lipinski definition) is 4. The highest BCUT2D eigenvalue weighted by molar-refractivity contribution is 5.79. The topological polar surface area (TPSA) is 124 Å². The number of benzene rings is 2. The van der Waals surface area contributed by atoms with Crippen molar-refractivity contribution in [2.24, 2.45) is 0 Å². The molecule has 0 saturated heterocycles. The average Bonchev–Trinajstić information content (AvgIpc) is 3.33. The Balaban J connectivity index is 1.53. The molecule has 0 aliphatic heterocycles. The number of aromatic nitrogens is 6. The van der Waals surface area contributed by atoms with Gasteiger partial charge in [-0.25, -0.2) is 0 Å². The van der Waals surface area contributed by atoms with Crippen LogP contribution in [-0.2, 0) is 0 Å². The summed E-state index contributed by atoms with van der Waals surface area (Å²) in [7, 11) is 0. The Morgan fingerprint density at radius 1 is 0.903 bits per heavy atom. The summed E-state index contributed by atoms with van der Waals surface area (Å²) in [6, 6.07) is 17.1. The number of H-pyrrole nitrogens is 3. The van der Waals surface area contributed by atoms with E-state index in [-0.39, 0.29) is 11.6 Å². The van der Waals surface area contributed by atoms with E-state index in [1.54, 1.807) is 18.2 Å². The molecular weight excluding hydrogens is 394 g/mol. The highest BCUT2D eigenvalue weighted by atomic mass is 16.5. The molecule has 4 N–H and O–H groups in total. The van der Waals surface area contributed by atoms with Crippen molar-refractivity contribution in [2.75, 3.05) is 5.32 Å². The van der Waals surface area contributed by atoms with Crippen LogP contribution in [0.5, 0.6) is 11.8 Å². The van der Waals surface area contributed by atoms with E-state index in [1.807, 2.05) is 50.2 Å². The summed E-state index contributed by atoms with van der Waals surface area (Å²) in [6.07, 6.45) is 0. The Kier molecular flexibility index (Phi) is 4.47. The summed E-state index contributed by atoms with van der Waals surface area (Å²) in [6.45, 7) is 3.96. The van der Waals surface area contributed by atoms with Crippen LogP contribution in [0.3, 0.4) is 0 Å². The van der Waals surface area contributed by atoms with Gasteiger partial charge in [0, 0.05) is 29.5 Å². The number of rotatable bonds is 5. The molecule has 3 heterocycles.